The van der Waals surface area contributed by atoms with Gasteiger partial charge in [0.15, 0.2) is 0 Å². The number of nitrogens with one attached hydrogen (secondary N) is 1. The standard InChI is InChI=1S/C25H32N2O3S/c1-17-8-9-18(2)24-23(17)19(3)16-25(14-6-5-7-15-25)27(24)31(29,30)22-12-10-21(11-13-22)26-20(4)28/h8-13,19H,5-7,14-16H2,1-4H3,(H,26,28). The van der Waals surface area contributed by atoms with Crippen molar-refractivity contribution in [3.63, 3.8) is 0 Å². The molecule has 1 saturated carbocycles. The lowest BCUT2D eigenvalue weighted by molar-refractivity contribution is -0.114. The van der Waals surface area contributed by atoms with E-state index in [4.69, 9.17) is 0 Å². The maximum absolute atomic E-state index is 14.2. The first kappa shape index (κ1) is 21.9. The predicted molar refractivity (Wildman–Crippen MR) is 125 cm³/mol. The fourth-order valence-corrected chi connectivity index (χ4v) is 7.65. The third kappa shape index (κ3) is 3.75. The number of carbonyl (C=O) groups is 1. The average molecular weight is 441 g/mol. The smallest absolute Gasteiger partial charge is 0.264 e. The highest BCUT2D eigenvalue weighted by molar-refractivity contribution is 7.93. The summed E-state index contributed by atoms with van der Waals surface area (Å²) in [5, 5.41) is 2.71. The maximum atomic E-state index is 14.2. The van der Waals surface area contributed by atoms with Gasteiger partial charge in [0.2, 0.25) is 5.91 Å². The minimum absolute atomic E-state index is 0.179. The van der Waals surface area contributed by atoms with Crippen LogP contribution in [0.4, 0.5) is 11.4 Å². The SMILES string of the molecule is CC(=O)Nc1ccc(S(=O)(=O)N2c3c(C)ccc(C)c3C(C)CC23CCCCC3)cc1. The molecule has 6 heteroatoms. The summed E-state index contributed by atoms with van der Waals surface area (Å²) in [6.07, 6.45) is 5.92. The van der Waals surface area contributed by atoms with Gasteiger partial charge in [0, 0.05) is 12.6 Å². The van der Waals surface area contributed by atoms with Crippen LogP contribution in [0.3, 0.4) is 0 Å². The first-order valence-electron chi connectivity index (χ1n) is 11.2. The molecule has 0 radical (unpaired) electrons. The number of carbonyl (C=O) groups excluding carboxylic acids is 1. The van der Waals surface area contributed by atoms with Gasteiger partial charge >= 0.3 is 0 Å². The molecule has 1 aliphatic heterocycles. The normalized spacial score (nSPS) is 20.4. The van der Waals surface area contributed by atoms with Gasteiger partial charge in [0.05, 0.1) is 16.1 Å². The molecule has 31 heavy (non-hydrogen) atoms. The molecule has 2 aromatic carbocycles. The van der Waals surface area contributed by atoms with E-state index in [-0.39, 0.29) is 16.3 Å². The Labute approximate surface area is 185 Å². The van der Waals surface area contributed by atoms with E-state index in [2.05, 4.69) is 25.2 Å². The van der Waals surface area contributed by atoms with Crippen molar-refractivity contribution in [3.05, 3.63) is 53.1 Å². The maximum Gasteiger partial charge on any atom is 0.264 e. The number of hydrogen-bond donors (Lipinski definition) is 1. The summed E-state index contributed by atoms with van der Waals surface area (Å²) in [6, 6.07) is 10.7. The molecule has 2 aromatic rings. The number of amides is 1. The molecule has 1 spiro atoms. The number of aryl methyl sites for hydroxylation is 2. The van der Waals surface area contributed by atoms with E-state index in [9.17, 15) is 13.2 Å². The molecule has 0 aromatic heterocycles. The van der Waals surface area contributed by atoms with E-state index >= 15 is 0 Å². The molecule has 1 N–H and O–H groups in total. The van der Waals surface area contributed by atoms with E-state index < -0.39 is 10.0 Å². The van der Waals surface area contributed by atoms with Crippen LogP contribution in [0.25, 0.3) is 0 Å². The van der Waals surface area contributed by atoms with Crippen LogP contribution in [0.1, 0.15) is 75.0 Å². The molecule has 1 aliphatic carbocycles. The first-order valence-corrected chi connectivity index (χ1v) is 12.6. The van der Waals surface area contributed by atoms with E-state index in [1.54, 1.807) is 28.6 Å². The highest BCUT2D eigenvalue weighted by Crippen LogP contribution is 2.53. The Bertz CT molecular complexity index is 1100. The number of rotatable bonds is 3. The lowest BCUT2D eigenvalue weighted by Gasteiger charge is -2.52. The molecular weight excluding hydrogens is 408 g/mol. The second-order valence-corrected chi connectivity index (χ2v) is 11.1. The first-order chi connectivity index (χ1) is 14.7. The van der Waals surface area contributed by atoms with E-state index in [0.29, 0.717) is 11.6 Å². The number of anilines is 2. The number of fused-ring (bicyclic) bond motifs is 1. The number of hydrogen-bond acceptors (Lipinski definition) is 3. The van der Waals surface area contributed by atoms with Crippen molar-refractivity contribution < 1.29 is 13.2 Å². The van der Waals surface area contributed by atoms with Crippen LogP contribution in [0.5, 0.6) is 0 Å². The van der Waals surface area contributed by atoms with Crippen molar-refractivity contribution in [2.45, 2.75) is 82.6 Å². The lowest BCUT2D eigenvalue weighted by atomic mass is 9.70. The van der Waals surface area contributed by atoms with Crippen molar-refractivity contribution in [2.75, 3.05) is 9.62 Å². The lowest BCUT2D eigenvalue weighted by Crippen LogP contribution is -2.56. The molecule has 0 saturated heterocycles. The van der Waals surface area contributed by atoms with E-state index in [0.717, 1.165) is 60.9 Å². The summed E-state index contributed by atoms with van der Waals surface area (Å²) < 4.78 is 30.1. The van der Waals surface area contributed by atoms with Crippen molar-refractivity contribution in [2.24, 2.45) is 0 Å². The van der Waals surface area contributed by atoms with Gasteiger partial charge in [-0.15, -0.1) is 0 Å². The van der Waals surface area contributed by atoms with E-state index in [1.165, 1.54) is 6.92 Å². The Hall–Kier alpha value is -2.34. The minimum Gasteiger partial charge on any atom is -0.326 e. The summed E-state index contributed by atoms with van der Waals surface area (Å²) in [5.74, 6) is 0.142. The quantitative estimate of drug-likeness (QED) is 0.669. The predicted octanol–water partition coefficient (Wildman–Crippen LogP) is 5.67. The summed E-state index contributed by atoms with van der Waals surface area (Å²) in [7, 11) is -3.77. The van der Waals surface area contributed by atoms with Crippen molar-refractivity contribution in [3.8, 4) is 0 Å². The van der Waals surface area contributed by atoms with Gasteiger partial charge in [-0.2, -0.15) is 0 Å². The van der Waals surface area contributed by atoms with Crippen LogP contribution in [0.15, 0.2) is 41.3 Å². The third-order valence-electron chi connectivity index (χ3n) is 6.95. The highest BCUT2D eigenvalue weighted by Gasteiger charge is 2.50. The molecule has 1 atom stereocenters. The molecule has 0 bridgehead atoms. The summed E-state index contributed by atoms with van der Waals surface area (Å²) >= 11 is 0. The molecule has 166 valence electrons. The summed E-state index contributed by atoms with van der Waals surface area (Å²) in [6.45, 7) is 7.79. The Morgan fingerprint density at radius 1 is 1.00 bits per heavy atom. The number of benzene rings is 2. The highest BCUT2D eigenvalue weighted by atomic mass is 32.2. The fourth-order valence-electron chi connectivity index (χ4n) is 5.71. The van der Waals surface area contributed by atoms with Gasteiger partial charge in [-0.1, -0.05) is 38.3 Å². The van der Waals surface area contributed by atoms with Gasteiger partial charge in [-0.25, -0.2) is 8.42 Å². The van der Waals surface area contributed by atoms with Gasteiger partial charge in [-0.3, -0.25) is 9.10 Å². The van der Waals surface area contributed by atoms with Crippen LogP contribution < -0.4 is 9.62 Å². The molecule has 2 aliphatic rings. The van der Waals surface area contributed by atoms with Crippen molar-refractivity contribution in [1.29, 1.82) is 0 Å². The molecule has 4 rings (SSSR count). The van der Waals surface area contributed by atoms with Gasteiger partial charge < -0.3 is 5.32 Å². The molecular formula is C25H32N2O3S. The molecule has 1 heterocycles. The molecule has 1 unspecified atom stereocenters. The van der Waals surface area contributed by atoms with Gasteiger partial charge in [-0.05, 0) is 80.0 Å². The molecule has 5 nitrogen and oxygen atoms in total. The van der Waals surface area contributed by atoms with Crippen LogP contribution in [-0.2, 0) is 14.8 Å². The zero-order chi connectivity index (χ0) is 22.4. The monoisotopic (exact) mass is 440 g/mol. The molecule has 1 amide bonds. The zero-order valence-electron chi connectivity index (χ0n) is 18.9. The number of nitrogens with zero attached hydrogens (tertiary/aromatic N) is 1. The van der Waals surface area contributed by atoms with Gasteiger partial charge in [0.1, 0.15) is 0 Å². The van der Waals surface area contributed by atoms with E-state index in [1.807, 2.05) is 13.0 Å². The van der Waals surface area contributed by atoms with Crippen molar-refractivity contribution in [1.82, 2.24) is 0 Å². The largest absolute Gasteiger partial charge is 0.326 e. The zero-order valence-corrected chi connectivity index (χ0v) is 19.7. The summed E-state index contributed by atoms with van der Waals surface area (Å²) in [5.41, 5.74) is 4.42. The topological polar surface area (TPSA) is 66.5 Å². The second-order valence-electron chi connectivity index (χ2n) is 9.33. The Morgan fingerprint density at radius 3 is 2.23 bits per heavy atom. The summed E-state index contributed by atoms with van der Waals surface area (Å²) in [4.78, 5) is 11.6. The third-order valence-corrected chi connectivity index (χ3v) is 8.87. The van der Waals surface area contributed by atoms with Crippen LogP contribution >= 0.6 is 0 Å². The molecule has 1 fully saturated rings. The Balaban J connectivity index is 1.89. The Morgan fingerprint density at radius 2 is 1.61 bits per heavy atom. The average Bonchev–Trinajstić information content (AvgIpc) is 2.71. The van der Waals surface area contributed by atoms with Crippen LogP contribution in [-0.4, -0.2) is 19.9 Å². The minimum atomic E-state index is -3.77. The van der Waals surface area contributed by atoms with Crippen LogP contribution in [0.2, 0.25) is 0 Å². The van der Waals surface area contributed by atoms with Crippen LogP contribution in [0, 0.1) is 13.8 Å². The number of sulfonamides is 1. The second kappa shape index (κ2) is 7.97. The Kier molecular flexibility index (Phi) is 5.63. The fraction of sp³-hybridized carbons (Fsp3) is 0.480. The van der Waals surface area contributed by atoms with Crippen molar-refractivity contribution >= 4 is 27.3 Å². The van der Waals surface area contributed by atoms with Gasteiger partial charge in [0.25, 0.3) is 10.0 Å².